The molecule has 1 aromatic carbocycles. The molecule has 2 rings (SSSR count). The Labute approximate surface area is 87.5 Å². The van der Waals surface area contributed by atoms with E-state index in [2.05, 4.69) is 25.9 Å². The number of benzene rings is 1. The molecule has 5 heteroatoms. The molecule has 0 spiro atoms. The second-order valence-corrected chi connectivity index (χ2v) is 3.80. The van der Waals surface area contributed by atoms with Crippen LogP contribution in [0.2, 0.25) is 0 Å². The zero-order valence-corrected chi connectivity index (χ0v) is 8.72. The summed E-state index contributed by atoms with van der Waals surface area (Å²) in [4.78, 5) is 26.6. The van der Waals surface area contributed by atoms with Crippen LogP contribution in [-0.4, -0.2) is 16.3 Å². The van der Waals surface area contributed by atoms with Crippen LogP contribution in [0.3, 0.4) is 0 Å². The van der Waals surface area contributed by atoms with Crippen molar-refractivity contribution in [3.8, 4) is 0 Å². The minimum absolute atomic E-state index is 0.246. The largest absolute Gasteiger partial charge is 0.323 e. The molecule has 2 aromatic rings. The molecule has 2 N–H and O–H groups in total. The second kappa shape index (κ2) is 3.42. The molecule has 0 saturated heterocycles. The molecule has 0 saturated carbocycles. The van der Waals surface area contributed by atoms with Gasteiger partial charge in [-0.3, -0.25) is 0 Å². The number of hydrogen-bond acceptors (Lipinski definition) is 2. The molecule has 0 radical (unpaired) electrons. The van der Waals surface area contributed by atoms with E-state index in [0.717, 1.165) is 21.8 Å². The molecule has 0 aliphatic carbocycles. The number of aldehydes is 1. The predicted octanol–water partition coefficient (Wildman–Crippen LogP) is 1.36. The lowest BCUT2D eigenvalue weighted by molar-refractivity contribution is -0.107. The molecular weight excluding hydrogens is 248 g/mol. The Morgan fingerprint density at radius 1 is 1.36 bits per heavy atom. The fourth-order valence-corrected chi connectivity index (χ4v) is 1.98. The number of aromatic amines is 2. The molecule has 0 atom stereocenters. The van der Waals surface area contributed by atoms with Gasteiger partial charge in [0.05, 0.1) is 11.0 Å². The van der Waals surface area contributed by atoms with Crippen LogP contribution in [0.5, 0.6) is 0 Å². The highest BCUT2D eigenvalue weighted by Crippen LogP contribution is 2.21. The summed E-state index contributed by atoms with van der Waals surface area (Å²) in [7, 11) is 0. The van der Waals surface area contributed by atoms with Gasteiger partial charge in [-0.1, -0.05) is 0 Å². The van der Waals surface area contributed by atoms with E-state index in [9.17, 15) is 9.59 Å². The van der Waals surface area contributed by atoms with Crippen LogP contribution in [0, 0.1) is 0 Å². The van der Waals surface area contributed by atoms with Gasteiger partial charge < -0.3 is 14.8 Å². The molecule has 0 unspecified atom stereocenters. The first-order valence-electron chi connectivity index (χ1n) is 4.05. The summed E-state index contributed by atoms with van der Waals surface area (Å²) in [6.45, 7) is 0. The van der Waals surface area contributed by atoms with Crippen molar-refractivity contribution in [1.29, 1.82) is 0 Å². The fraction of sp³-hybridized carbons (Fsp3) is 0.111. The van der Waals surface area contributed by atoms with Gasteiger partial charge in [0.1, 0.15) is 6.29 Å². The van der Waals surface area contributed by atoms with Gasteiger partial charge >= 0.3 is 5.69 Å². The first-order chi connectivity index (χ1) is 6.70. The Balaban J connectivity index is 2.70. The quantitative estimate of drug-likeness (QED) is 0.795. The summed E-state index contributed by atoms with van der Waals surface area (Å²) in [5.74, 6) is 0. The number of halogens is 1. The first kappa shape index (κ1) is 9.21. The van der Waals surface area contributed by atoms with Gasteiger partial charge in [0.2, 0.25) is 0 Å². The van der Waals surface area contributed by atoms with Crippen LogP contribution in [0.1, 0.15) is 5.56 Å². The minimum atomic E-state index is -0.246. The summed E-state index contributed by atoms with van der Waals surface area (Å²) in [5.41, 5.74) is 2.06. The van der Waals surface area contributed by atoms with Crippen LogP contribution in [0.4, 0.5) is 0 Å². The molecule has 0 aliphatic heterocycles. The maximum absolute atomic E-state index is 11.0. The topological polar surface area (TPSA) is 65.7 Å². The van der Waals surface area contributed by atoms with Crippen LogP contribution < -0.4 is 5.69 Å². The molecule has 1 aromatic heterocycles. The number of nitrogens with one attached hydrogen (secondary N) is 2. The number of carbonyl (C=O) groups is 1. The minimum Gasteiger partial charge on any atom is -0.306 e. The van der Waals surface area contributed by atoms with Crippen molar-refractivity contribution in [2.75, 3.05) is 0 Å². The van der Waals surface area contributed by atoms with Gasteiger partial charge in [0.25, 0.3) is 0 Å². The molecule has 0 amide bonds. The van der Waals surface area contributed by atoms with Gasteiger partial charge in [-0.2, -0.15) is 0 Å². The van der Waals surface area contributed by atoms with E-state index in [1.54, 1.807) is 6.07 Å². The summed E-state index contributed by atoms with van der Waals surface area (Å²) < 4.78 is 0.783. The van der Waals surface area contributed by atoms with E-state index >= 15 is 0 Å². The lowest BCUT2D eigenvalue weighted by atomic mass is 10.1. The number of carbonyl (C=O) groups excluding carboxylic acids is 1. The monoisotopic (exact) mass is 254 g/mol. The maximum Gasteiger partial charge on any atom is 0.323 e. The molecule has 0 aliphatic rings. The van der Waals surface area contributed by atoms with Crippen LogP contribution in [0.25, 0.3) is 11.0 Å². The lowest BCUT2D eigenvalue weighted by Gasteiger charge is -1.98. The molecule has 0 bridgehead atoms. The van der Waals surface area contributed by atoms with Gasteiger partial charge in [-0.05, 0) is 33.6 Å². The number of fused-ring (bicyclic) bond motifs is 1. The standard InChI is InChI=1S/C9H7BrN2O2/c10-6-3-5(1-2-13)4-7-8(6)12-9(14)11-7/h2-4H,1H2,(H2,11,12,14). The zero-order valence-electron chi connectivity index (χ0n) is 7.13. The first-order valence-corrected chi connectivity index (χ1v) is 4.84. The Morgan fingerprint density at radius 2 is 2.14 bits per heavy atom. The molecular formula is C9H7BrN2O2. The molecule has 4 nitrogen and oxygen atoms in total. The van der Waals surface area contributed by atoms with Crippen molar-refractivity contribution in [2.24, 2.45) is 0 Å². The molecule has 14 heavy (non-hydrogen) atoms. The Hall–Kier alpha value is -1.36. The van der Waals surface area contributed by atoms with Crippen LogP contribution in [0.15, 0.2) is 21.4 Å². The van der Waals surface area contributed by atoms with Crippen molar-refractivity contribution < 1.29 is 4.79 Å². The highest BCUT2D eigenvalue weighted by Gasteiger charge is 2.04. The van der Waals surface area contributed by atoms with E-state index < -0.39 is 0 Å². The second-order valence-electron chi connectivity index (χ2n) is 2.95. The van der Waals surface area contributed by atoms with E-state index in [-0.39, 0.29) is 5.69 Å². The number of rotatable bonds is 2. The van der Waals surface area contributed by atoms with Crippen LogP contribution in [-0.2, 0) is 11.2 Å². The summed E-state index contributed by atoms with van der Waals surface area (Å²) in [6.07, 6.45) is 1.18. The van der Waals surface area contributed by atoms with Gasteiger partial charge in [-0.25, -0.2) is 4.79 Å². The smallest absolute Gasteiger partial charge is 0.306 e. The number of imidazole rings is 1. The van der Waals surface area contributed by atoms with Crippen molar-refractivity contribution in [3.05, 3.63) is 32.7 Å². The number of aromatic nitrogens is 2. The third kappa shape index (κ3) is 1.50. The normalized spacial score (nSPS) is 10.6. The van der Waals surface area contributed by atoms with Crippen molar-refractivity contribution in [2.45, 2.75) is 6.42 Å². The van der Waals surface area contributed by atoms with E-state index in [0.29, 0.717) is 11.9 Å². The average molecular weight is 255 g/mol. The van der Waals surface area contributed by atoms with Gasteiger partial charge in [-0.15, -0.1) is 0 Å². The average Bonchev–Trinajstić information content (AvgIpc) is 2.47. The Morgan fingerprint density at radius 3 is 2.86 bits per heavy atom. The number of H-pyrrole nitrogens is 2. The van der Waals surface area contributed by atoms with E-state index in [1.165, 1.54) is 0 Å². The predicted molar refractivity (Wildman–Crippen MR) is 56.4 cm³/mol. The summed E-state index contributed by atoms with van der Waals surface area (Å²) in [6, 6.07) is 3.60. The maximum atomic E-state index is 11.0. The summed E-state index contributed by atoms with van der Waals surface area (Å²) >= 11 is 3.32. The van der Waals surface area contributed by atoms with Crippen molar-refractivity contribution >= 4 is 33.2 Å². The lowest BCUT2D eigenvalue weighted by Crippen LogP contribution is -1.99. The molecule has 0 fully saturated rings. The third-order valence-electron chi connectivity index (χ3n) is 1.96. The fourth-order valence-electron chi connectivity index (χ4n) is 1.37. The highest BCUT2D eigenvalue weighted by molar-refractivity contribution is 9.10. The van der Waals surface area contributed by atoms with E-state index in [4.69, 9.17) is 0 Å². The van der Waals surface area contributed by atoms with Gasteiger partial charge in [0, 0.05) is 10.9 Å². The zero-order chi connectivity index (χ0) is 10.1. The molecule has 1 heterocycles. The Bertz CT molecular complexity index is 541. The van der Waals surface area contributed by atoms with Crippen molar-refractivity contribution in [1.82, 2.24) is 9.97 Å². The molecule has 72 valence electrons. The Kier molecular flexibility index (Phi) is 2.25. The number of hydrogen-bond donors (Lipinski definition) is 2. The van der Waals surface area contributed by atoms with Crippen molar-refractivity contribution in [3.63, 3.8) is 0 Å². The highest BCUT2D eigenvalue weighted by atomic mass is 79.9. The van der Waals surface area contributed by atoms with Crippen LogP contribution >= 0.6 is 15.9 Å². The van der Waals surface area contributed by atoms with Gasteiger partial charge in [0.15, 0.2) is 0 Å². The third-order valence-corrected chi connectivity index (χ3v) is 2.58. The van der Waals surface area contributed by atoms with E-state index in [1.807, 2.05) is 6.07 Å². The SMILES string of the molecule is O=CCc1cc(Br)c2[nH]c(=O)[nH]c2c1. The summed E-state index contributed by atoms with van der Waals surface area (Å²) in [5, 5.41) is 0.